The maximum absolute atomic E-state index is 13.6. The first kappa shape index (κ1) is 14.0. The average molecular weight is 272 g/mol. The highest BCUT2D eigenvalue weighted by atomic mass is 19.1. The Morgan fingerprint density at radius 3 is 2.85 bits per heavy atom. The van der Waals surface area contributed by atoms with Crippen molar-refractivity contribution < 1.29 is 14.2 Å². The van der Waals surface area contributed by atoms with E-state index in [0.717, 1.165) is 5.69 Å². The lowest BCUT2D eigenvalue weighted by Gasteiger charge is -2.10. The van der Waals surface area contributed by atoms with Crippen LogP contribution in [0.15, 0.2) is 30.3 Å². The molecule has 2 rings (SSSR count). The molecule has 1 aromatic carbocycles. The van der Waals surface area contributed by atoms with Crippen LogP contribution >= 0.6 is 0 Å². The van der Waals surface area contributed by atoms with Gasteiger partial charge in [0.2, 0.25) is 0 Å². The molecule has 1 aromatic heterocycles. The Balaban J connectivity index is 2.19. The molecule has 0 spiro atoms. The quantitative estimate of drug-likeness (QED) is 0.928. The summed E-state index contributed by atoms with van der Waals surface area (Å²) in [6.07, 6.45) is 0. The summed E-state index contributed by atoms with van der Waals surface area (Å²) >= 11 is 0. The first-order chi connectivity index (χ1) is 9.63. The predicted molar refractivity (Wildman–Crippen MR) is 70.3 cm³/mol. The second-order valence-corrected chi connectivity index (χ2v) is 4.26. The van der Waals surface area contributed by atoms with Gasteiger partial charge in [-0.3, -0.25) is 4.98 Å². The molecule has 0 aliphatic carbocycles. The molecule has 0 bridgehead atoms. The van der Waals surface area contributed by atoms with Crippen molar-refractivity contribution >= 4 is 0 Å². The number of aromatic nitrogens is 1. The average Bonchev–Trinajstić information content (AvgIpc) is 2.47. The molecule has 0 unspecified atom stereocenters. The third kappa shape index (κ3) is 3.11. The Bertz CT molecular complexity index is 665. The number of hydrogen-bond donors (Lipinski definition) is 1. The van der Waals surface area contributed by atoms with E-state index in [1.165, 1.54) is 18.2 Å². The normalized spacial score (nSPS) is 10.1. The summed E-state index contributed by atoms with van der Waals surface area (Å²) in [6, 6.07) is 9.46. The third-order valence-electron chi connectivity index (χ3n) is 2.78. The topological polar surface area (TPSA) is 66.1 Å². The lowest BCUT2D eigenvalue weighted by atomic mass is 10.1. The lowest BCUT2D eigenvalue weighted by molar-refractivity contribution is 0.251. The number of aliphatic hydroxyl groups excluding tert-OH is 1. The molecular weight excluding hydrogens is 259 g/mol. The van der Waals surface area contributed by atoms with Gasteiger partial charge < -0.3 is 9.84 Å². The molecule has 1 heterocycles. The highest BCUT2D eigenvalue weighted by molar-refractivity contribution is 5.34. The number of ether oxygens (including phenoxy) is 1. The number of aliphatic hydroxyl groups is 1. The number of nitrogens with zero attached hydrogens (tertiary/aromatic N) is 2. The maximum atomic E-state index is 13.6. The van der Waals surface area contributed by atoms with Crippen LogP contribution in [0.4, 0.5) is 4.39 Å². The van der Waals surface area contributed by atoms with Crippen LogP contribution in [-0.2, 0) is 13.2 Å². The van der Waals surface area contributed by atoms with Gasteiger partial charge in [-0.15, -0.1) is 0 Å². The summed E-state index contributed by atoms with van der Waals surface area (Å²) in [5, 5.41) is 18.0. The van der Waals surface area contributed by atoms with E-state index in [4.69, 9.17) is 10.00 Å². The van der Waals surface area contributed by atoms with E-state index in [1.807, 2.05) is 6.07 Å². The van der Waals surface area contributed by atoms with E-state index >= 15 is 0 Å². The Hall–Kier alpha value is -2.45. The van der Waals surface area contributed by atoms with Gasteiger partial charge in [0.05, 0.1) is 18.2 Å². The van der Waals surface area contributed by atoms with E-state index in [9.17, 15) is 9.50 Å². The minimum atomic E-state index is -0.436. The van der Waals surface area contributed by atoms with Crippen molar-refractivity contribution in [3.8, 4) is 11.8 Å². The first-order valence-electron chi connectivity index (χ1n) is 6.02. The standard InChI is InChI=1S/C15H13FN2O2/c1-10-2-5-15(14(8-19)18-10)20-9-12-6-11(7-17)3-4-13(12)16/h2-6,19H,8-9H2,1H3. The molecule has 5 heteroatoms. The molecule has 0 aliphatic heterocycles. The summed E-state index contributed by atoms with van der Waals surface area (Å²) in [7, 11) is 0. The monoisotopic (exact) mass is 272 g/mol. The molecule has 0 amide bonds. The zero-order valence-electron chi connectivity index (χ0n) is 10.9. The van der Waals surface area contributed by atoms with Crippen molar-refractivity contribution in [2.45, 2.75) is 20.1 Å². The molecule has 0 radical (unpaired) electrons. The van der Waals surface area contributed by atoms with E-state index in [0.29, 0.717) is 17.0 Å². The van der Waals surface area contributed by atoms with E-state index in [-0.39, 0.29) is 18.8 Å². The van der Waals surface area contributed by atoms with Crippen LogP contribution < -0.4 is 4.74 Å². The Morgan fingerprint density at radius 1 is 1.35 bits per heavy atom. The zero-order valence-corrected chi connectivity index (χ0v) is 10.9. The lowest BCUT2D eigenvalue weighted by Crippen LogP contribution is -2.03. The summed E-state index contributed by atoms with van der Waals surface area (Å²) in [4.78, 5) is 4.14. The van der Waals surface area contributed by atoms with Gasteiger partial charge in [0, 0.05) is 11.3 Å². The van der Waals surface area contributed by atoms with Gasteiger partial charge in [-0.05, 0) is 37.3 Å². The van der Waals surface area contributed by atoms with Crippen molar-refractivity contribution in [1.29, 1.82) is 5.26 Å². The highest BCUT2D eigenvalue weighted by Gasteiger charge is 2.08. The third-order valence-corrected chi connectivity index (χ3v) is 2.78. The molecule has 20 heavy (non-hydrogen) atoms. The number of hydrogen-bond acceptors (Lipinski definition) is 4. The fraction of sp³-hybridized carbons (Fsp3) is 0.200. The van der Waals surface area contributed by atoms with Gasteiger partial charge in [-0.25, -0.2) is 4.39 Å². The summed E-state index contributed by atoms with van der Waals surface area (Å²) < 4.78 is 19.1. The fourth-order valence-electron chi connectivity index (χ4n) is 1.75. The minimum absolute atomic E-state index is 0.0287. The molecule has 4 nitrogen and oxygen atoms in total. The van der Waals surface area contributed by atoms with Gasteiger partial charge in [0.15, 0.2) is 0 Å². The van der Waals surface area contributed by atoms with Crippen molar-refractivity contribution in [2.75, 3.05) is 0 Å². The van der Waals surface area contributed by atoms with Crippen LogP contribution in [0.2, 0.25) is 0 Å². The molecule has 2 aromatic rings. The number of nitriles is 1. The summed E-state index contributed by atoms with van der Waals surface area (Å²) in [5.74, 6) is -0.0329. The van der Waals surface area contributed by atoms with Crippen LogP contribution in [0.1, 0.15) is 22.5 Å². The summed E-state index contributed by atoms with van der Waals surface area (Å²) in [5.41, 5.74) is 1.82. The molecule has 102 valence electrons. The summed E-state index contributed by atoms with van der Waals surface area (Å²) in [6.45, 7) is 1.52. The Labute approximate surface area is 116 Å². The Kier molecular flexibility index (Phi) is 4.28. The molecule has 0 saturated carbocycles. The van der Waals surface area contributed by atoms with Crippen molar-refractivity contribution in [1.82, 2.24) is 4.98 Å². The SMILES string of the molecule is Cc1ccc(OCc2cc(C#N)ccc2F)c(CO)n1. The van der Waals surface area contributed by atoms with Crippen LogP contribution in [0, 0.1) is 24.1 Å². The minimum Gasteiger partial charge on any atom is -0.487 e. The number of halogens is 1. The fourth-order valence-corrected chi connectivity index (χ4v) is 1.75. The van der Waals surface area contributed by atoms with E-state index in [1.54, 1.807) is 19.1 Å². The van der Waals surface area contributed by atoms with Gasteiger partial charge in [-0.2, -0.15) is 5.26 Å². The number of pyridine rings is 1. The molecular formula is C15H13FN2O2. The van der Waals surface area contributed by atoms with E-state index < -0.39 is 5.82 Å². The van der Waals surface area contributed by atoms with Crippen LogP contribution in [0.3, 0.4) is 0 Å². The van der Waals surface area contributed by atoms with Crippen LogP contribution in [-0.4, -0.2) is 10.1 Å². The molecule has 0 saturated heterocycles. The van der Waals surface area contributed by atoms with Crippen molar-refractivity contribution in [2.24, 2.45) is 0 Å². The second-order valence-electron chi connectivity index (χ2n) is 4.26. The van der Waals surface area contributed by atoms with Gasteiger partial charge in [0.1, 0.15) is 23.9 Å². The van der Waals surface area contributed by atoms with Gasteiger partial charge in [0.25, 0.3) is 0 Å². The molecule has 0 aliphatic rings. The highest BCUT2D eigenvalue weighted by Crippen LogP contribution is 2.19. The second kappa shape index (κ2) is 6.13. The maximum Gasteiger partial charge on any atom is 0.143 e. The Morgan fingerprint density at radius 2 is 2.15 bits per heavy atom. The number of aryl methyl sites for hydroxylation is 1. The van der Waals surface area contributed by atoms with Crippen LogP contribution in [0.5, 0.6) is 5.75 Å². The molecule has 0 fully saturated rings. The predicted octanol–water partition coefficient (Wildman–Crippen LogP) is 2.47. The molecule has 1 N–H and O–H groups in total. The first-order valence-corrected chi connectivity index (χ1v) is 6.02. The smallest absolute Gasteiger partial charge is 0.143 e. The van der Waals surface area contributed by atoms with Gasteiger partial charge >= 0.3 is 0 Å². The molecule has 0 atom stereocenters. The van der Waals surface area contributed by atoms with Crippen molar-refractivity contribution in [3.05, 3.63) is 58.7 Å². The number of benzene rings is 1. The largest absolute Gasteiger partial charge is 0.487 e. The zero-order chi connectivity index (χ0) is 14.5. The van der Waals surface area contributed by atoms with Crippen molar-refractivity contribution in [3.63, 3.8) is 0 Å². The number of rotatable bonds is 4. The van der Waals surface area contributed by atoms with Gasteiger partial charge in [-0.1, -0.05) is 0 Å². The van der Waals surface area contributed by atoms with Crippen LogP contribution in [0.25, 0.3) is 0 Å². The van der Waals surface area contributed by atoms with E-state index in [2.05, 4.69) is 4.98 Å².